The zero-order valence-electron chi connectivity index (χ0n) is 14.5. The summed E-state index contributed by atoms with van der Waals surface area (Å²) in [5.41, 5.74) is 6.73. The Morgan fingerprint density at radius 2 is 1.89 bits per heavy atom. The molecule has 0 saturated carbocycles. The molecular formula is C19H17N3O5. The zero-order valence-corrected chi connectivity index (χ0v) is 14.5. The van der Waals surface area contributed by atoms with E-state index in [1.807, 2.05) is 0 Å². The van der Waals surface area contributed by atoms with E-state index in [4.69, 9.17) is 14.9 Å². The molecule has 138 valence electrons. The Balaban J connectivity index is 1.77. The van der Waals surface area contributed by atoms with Crippen LogP contribution in [0.15, 0.2) is 53.3 Å². The monoisotopic (exact) mass is 367 g/mol. The van der Waals surface area contributed by atoms with Gasteiger partial charge in [0.2, 0.25) is 0 Å². The number of fused-ring (bicyclic) bond motifs is 1. The number of carbonyl (C=O) groups is 3. The number of nitrogens with one attached hydrogen (secondary N) is 1. The number of esters is 1. The maximum Gasteiger partial charge on any atom is 0.341 e. The molecule has 0 aliphatic heterocycles. The Hall–Kier alpha value is -3.68. The molecule has 27 heavy (non-hydrogen) atoms. The van der Waals surface area contributed by atoms with Crippen LogP contribution in [0, 0.1) is 0 Å². The molecule has 0 bridgehead atoms. The van der Waals surface area contributed by atoms with Gasteiger partial charge in [0, 0.05) is 0 Å². The van der Waals surface area contributed by atoms with E-state index in [1.165, 1.54) is 12.5 Å². The number of benzene rings is 2. The highest BCUT2D eigenvalue weighted by molar-refractivity contribution is 6.06. The molecule has 3 aromatic rings. The van der Waals surface area contributed by atoms with Crippen LogP contribution in [0.4, 0.5) is 5.69 Å². The summed E-state index contributed by atoms with van der Waals surface area (Å²) in [4.78, 5) is 40.5. The Morgan fingerprint density at radius 1 is 1.15 bits per heavy atom. The largest absolute Gasteiger partial charge is 0.449 e. The molecule has 3 N–H and O–H groups in total. The lowest BCUT2D eigenvalue weighted by Crippen LogP contribution is -2.32. The number of nitrogens with two attached hydrogens (primary N) is 1. The first-order valence-electron chi connectivity index (χ1n) is 8.24. The van der Waals surface area contributed by atoms with Crippen LogP contribution in [-0.4, -0.2) is 28.9 Å². The third-order valence-corrected chi connectivity index (χ3v) is 3.94. The van der Waals surface area contributed by atoms with Crippen molar-refractivity contribution >= 4 is 34.6 Å². The van der Waals surface area contributed by atoms with Gasteiger partial charge in [0.05, 0.1) is 16.8 Å². The van der Waals surface area contributed by atoms with Gasteiger partial charge in [-0.1, -0.05) is 25.1 Å². The number of hydrogen-bond acceptors (Lipinski definition) is 6. The number of amides is 2. The summed E-state index contributed by atoms with van der Waals surface area (Å²) >= 11 is 0. The molecule has 8 heteroatoms. The van der Waals surface area contributed by atoms with Crippen LogP contribution in [0.5, 0.6) is 0 Å². The predicted molar refractivity (Wildman–Crippen MR) is 97.1 cm³/mol. The van der Waals surface area contributed by atoms with Gasteiger partial charge in [-0.25, -0.2) is 9.78 Å². The Morgan fingerprint density at radius 3 is 2.63 bits per heavy atom. The third kappa shape index (κ3) is 3.79. The summed E-state index contributed by atoms with van der Waals surface area (Å²) in [6.45, 7) is 1.70. The molecule has 1 unspecified atom stereocenters. The normalized spacial score (nSPS) is 11.7. The number of aromatic nitrogens is 1. The fourth-order valence-electron chi connectivity index (χ4n) is 2.59. The van der Waals surface area contributed by atoms with Crippen LogP contribution in [-0.2, 0) is 9.53 Å². The highest BCUT2D eigenvalue weighted by Gasteiger charge is 2.24. The minimum Gasteiger partial charge on any atom is -0.449 e. The number of nitrogens with zero attached hydrogens (tertiary/aromatic N) is 1. The average Bonchev–Trinajstić information content (AvgIpc) is 3.14. The molecule has 0 aliphatic rings. The van der Waals surface area contributed by atoms with Crippen molar-refractivity contribution in [3.63, 3.8) is 0 Å². The number of oxazole rings is 1. The topological polar surface area (TPSA) is 125 Å². The van der Waals surface area contributed by atoms with Crippen molar-refractivity contribution in [2.24, 2.45) is 5.73 Å². The Kier molecular flexibility index (Phi) is 5.16. The first-order valence-corrected chi connectivity index (χ1v) is 8.24. The summed E-state index contributed by atoms with van der Waals surface area (Å²) in [6, 6.07) is 11.2. The molecule has 3 rings (SSSR count). The predicted octanol–water partition coefficient (Wildman–Crippen LogP) is 2.50. The second-order valence-corrected chi connectivity index (χ2v) is 5.71. The summed E-state index contributed by atoms with van der Waals surface area (Å²) in [7, 11) is 0. The van der Waals surface area contributed by atoms with Crippen LogP contribution >= 0.6 is 0 Å². The van der Waals surface area contributed by atoms with Crippen molar-refractivity contribution in [3.05, 3.63) is 60.0 Å². The third-order valence-electron chi connectivity index (χ3n) is 3.94. The fraction of sp³-hybridized carbons (Fsp3) is 0.158. The molecule has 1 atom stereocenters. The van der Waals surface area contributed by atoms with Gasteiger partial charge in [-0.3, -0.25) is 9.59 Å². The molecule has 2 aromatic carbocycles. The first-order chi connectivity index (χ1) is 13.0. The number of primary amides is 1. The van der Waals surface area contributed by atoms with Crippen molar-refractivity contribution < 1.29 is 23.5 Å². The summed E-state index contributed by atoms with van der Waals surface area (Å²) in [5.74, 6) is -1.93. The van der Waals surface area contributed by atoms with Gasteiger partial charge in [-0.15, -0.1) is 0 Å². The van der Waals surface area contributed by atoms with Gasteiger partial charge in [0.25, 0.3) is 11.8 Å². The van der Waals surface area contributed by atoms with Crippen molar-refractivity contribution in [2.75, 3.05) is 5.32 Å². The van der Waals surface area contributed by atoms with Crippen LogP contribution in [0.25, 0.3) is 11.1 Å². The van der Waals surface area contributed by atoms with E-state index in [9.17, 15) is 14.4 Å². The maximum atomic E-state index is 12.5. The fourth-order valence-corrected chi connectivity index (χ4v) is 2.59. The second kappa shape index (κ2) is 7.69. The molecule has 0 radical (unpaired) electrons. The number of para-hydroxylation sites is 2. The van der Waals surface area contributed by atoms with Gasteiger partial charge in [-0.2, -0.15) is 0 Å². The van der Waals surface area contributed by atoms with Gasteiger partial charge in [0.1, 0.15) is 5.52 Å². The second-order valence-electron chi connectivity index (χ2n) is 5.71. The van der Waals surface area contributed by atoms with E-state index >= 15 is 0 Å². The number of hydrogen-bond donors (Lipinski definition) is 2. The van der Waals surface area contributed by atoms with E-state index in [2.05, 4.69) is 10.3 Å². The van der Waals surface area contributed by atoms with E-state index < -0.39 is 23.9 Å². The smallest absolute Gasteiger partial charge is 0.341 e. The maximum absolute atomic E-state index is 12.5. The molecule has 0 fully saturated rings. The number of carbonyl (C=O) groups excluding carboxylic acids is 3. The van der Waals surface area contributed by atoms with Crippen LogP contribution < -0.4 is 11.1 Å². The SMILES string of the molecule is CCC(OC(=O)c1cccc2ocnc12)C(=O)Nc1ccccc1C(N)=O. The summed E-state index contributed by atoms with van der Waals surface area (Å²) in [6.07, 6.45) is 0.415. The molecule has 1 heterocycles. The summed E-state index contributed by atoms with van der Waals surface area (Å²) < 4.78 is 10.5. The first kappa shape index (κ1) is 18.1. The minimum atomic E-state index is -1.06. The lowest BCUT2D eigenvalue weighted by molar-refractivity contribution is -0.124. The lowest BCUT2D eigenvalue weighted by atomic mass is 10.1. The Labute approximate surface area is 154 Å². The van der Waals surface area contributed by atoms with Crippen molar-refractivity contribution in [3.8, 4) is 0 Å². The molecule has 2 amide bonds. The molecule has 0 spiro atoms. The van der Waals surface area contributed by atoms with Crippen LogP contribution in [0.3, 0.4) is 0 Å². The van der Waals surface area contributed by atoms with E-state index in [-0.39, 0.29) is 23.2 Å². The van der Waals surface area contributed by atoms with Gasteiger partial charge in [0.15, 0.2) is 18.1 Å². The minimum absolute atomic E-state index is 0.166. The molecule has 8 nitrogen and oxygen atoms in total. The van der Waals surface area contributed by atoms with Gasteiger partial charge < -0.3 is 20.2 Å². The molecule has 0 saturated heterocycles. The quantitative estimate of drug-likeness (QED) is 0.645. The highest BCUT2D eigenvalue weighted by Crippen LogP contribution is 2.20. The van der Waals surface area contributed by atoms with E-state index in [0.29, 0.717) is 11.1 Å². The van der Waals surface area contributed by atoms with E-state index in [1.54, 1.807) is 43.3 Å². The Bertz CT molecular complexity index is 1010. The number of ether oxygens (including phenoxy) is 1. The number of rotatable bonds is 6. The van der Waals surface area contributed by atoms with Crippen LogP contribution in [0.2, 0.25) is 0 Å². The highest BCUT2D eigenvalue weighted by atomic mass is 16.5. The van der Waals surface area contributed by atoms with Crippen LogP contribution in [0.1, 0.15) is 34.1 Å². The van der Waals surface area contributed by atoms with E-state index in [0.717, 1.165) is 0 Å². The van der Waals surface area contributed by atoms with Gasteiger partial charge in [-0.05, 0) is 30.7 Å². The standard InChI is InChI=1S/C19H17N3O5/c1-2-14(18(24)22-13-8-4-3-6-11(13)17(20)23)27-19(25)12-7-5-9-15-16(12)21-10-26-15/h3-10,14H,2H2,1H3,(H2,20,23)(H,22,24). The molecule has 1 aromatic heterocycles. The molecular weight excluding hydrogens is 350 g/mol. The average molecular weight is 367 g/mol. The summed E-state index contributed by atoms with van der Waals surface area (Å²) in [5, 5.41) is 2.58. The van der Waals surface area contributed by atoms with Crippen molar-refractivity contribution in [1.82, 2.24) is 4.98 Å². The number of anilines is 1. The van der Waals surface area contributed by atoms with Crippen molar-refractivity contribution in [2.45, 2.75) is 19.4 Å². The molecule has 0 aliphatic carbocycles. The zero-order chi connectivity index (χ0) is 19.4. The van der Waals surface area contributed by atoms with Crippen molar-refractivity contribution in [1.29, 1.82) is 0 Å². The lowest BCUT2D eigenvalue weighted by Gasteiger charge is -2.17. The van der Waals surface area contributed by atoms with Gasteiger partial charge >= 0.3 is 5.97 Å².